The van der Waals surface area contributed by atoms with Gasteiger partial charge in [0.05, 0.1) is 26.3 Å². The lowest BCUT2D eigenvalue weighted by molar-refractivity contribution is 0.198. The van der Waals surface area contributed by atoms with Gasteiger partial charge in [0.2, 0.25) is 0 Å². The molecule has 1 fully saturated rings. The maximum atomic E-state index is 13.8. The summed E-state index contributed by atoms with van der Waals surface area (Å²) in [6, 6.07) is 43.6. The molecule has 7 aromatic heterocycles. The first-order valence-corrected chi connectivity index (χ1v) is 38.2. The zero-order valence-electron chi connectivity index (χ0n) is 65.8. The van der Waals surface area contributed by atoms with E-state index in [4.69, 9.17) is 24.8 Å². The van der Waals surface area contributed by atoms with E-state index in [-0.39, 0.29) is 20.1 Å². The number of pyridine rings is 7. The molecular formula is C86H83B2Br2F12IN10O5. The zero-order chi connectivity index (χ0) is 87.3. The van der Waals surface area contributed by atoms with E-state index in [1.807, 2.05) is 145 Å². The fraction of sp³-hybridized carbons (Fsp3) is 0.174. The summed E-state index contributed by atoms with van der Waals surface area (Å²) in [5.41, 5.74) is 10.2. The number of hydrogen-bond acceptors (Lipinski definition) is 15. The van der Waals surface area contributed by atoms with E-state index in [1.165, 1.54) is 79.5 Å². The van der Waals surface area contributed by atoms with Crippen LogP contribution in [0, 0.1) is 108 Å². The van der Waals surface area contributed by atoms with Gasteiger partial charge in [-0.1, -0.05) is 12.1 Å². The summed E-state index contributed by atoms with van der Waals surface area (Å²) in [7, 11) is 8.01. The van der Waals surface area contributed by atoms with Gasteiger partial charge in [0.1, 0.15) is 79.0 Å². The third kappa shape index (κ3) is 33.9. The topological polar surface area (TPSA) is 190 Å². The van der Waals surface area contributed by atoms with Gasteiger partial charge in [0, 0.05) is 185 Å². The van der Waals surface area contributed by atoms with E-state index in [0.29, 0.717) is 57.2 Å². The van der Waals surface area contributed by atoms with Gasteiger partial charge in [0.15, 0.2) is 0 Å². The molecule has 6 aromatic carbocycles. The normalized spacial score (nSPS) is 10.6. The predicted octanol–water partition coefficient (Wildman–Crippen LogP) is 19.3. The molecular weight excluding hydrogens is 1790 g/mol. The lowest BCUT2D eigenvalue weighted by atomic mass is 9.80. The summed E-state index contributed by atoms with van der Waals surface area (Å²) < 4.78 is 162. The molecule has 14 rings (SSSR count). The predicted molar refractivity (Wildman–Crippen MR) is 458 cm³/mol. The molecule has 4 N–H and O–H groups in total. The molecule has 0 saturated carbocycles. The highest BCUT2D eigenvalue weighted by Crippen LogP contribution is 2.30. The third-order valence-corrected chi connectivity index (χ3v) is 17.8. The minimum atomic E-state index is -1.89. The van der Waals surface area contributed by atoms with Crippen LogP contribution in [0.3, 0.4) is 0 Å². The van der Waals surface area contributed by atoms with Crippen LogP contribution in [0.15, 0.2) is 241 Å². The van der Waals surface area contributed by atoms with Crippen LogP contribution >= 0.6 is 54.5 Å². The first kappa shape index (κ1) is 98.1. The molecule has 1 saturated heterocycles. The van der Waals surface area contributed by atoms with E-state index >= 15 is 0 Å². The van der Waals surface area contributed by atoms with Gasteiger partial charge in [-0.2, -0.15) is 0 Å². The van der Waals surface area contributed by atoms with Crippen molar-refractivity contribution < 1.29 is 77.5 Å². The zero-order valence-corrected chi connectivity index (χ0v) is 71.1. The van der Waals surface area contributed by atoms with Gasteiger partial charge < -0.3 is 39.5 Å². The number of benzene rings is 6. The van der Waals surface area contributed by atoms with Crippen LogP contribution in [0.5, 0.6) is 0 Å². The van der Waals surface area contributed by atoms with Crippen molar-refractivity contribution in [1.29, 1.82) is 0 Å². The fourth-order valence-corrected chi connectivity index (χ4v) is 10.9. The second kappa shape index (κ2) is 50.3. The number of halogens is 15. The monoisotopic (exact) mass is 1870 g/mol. The Morgan fingerprint density at radius 3 is 0.983 bits per heavy atom. The van der Waals surface area contributed by atoms with Crippen molar-refractivity contribution >= 4 is 96.7 Å². The Labute approximate surface area is 709 Å². The molecule has 0 spiro atoms. The van der Waals surface area contributed by atoms with Crippen LogP contribution in [0.4, 0.5) is 69.7 Å². The van der Waals surface area contributed by atoms with Gasteiger partial charge in [-0.25, -0.2) is 62.7 Å². The Kier molecular flexibility index (Phi) is 41.9. The maximum absolute atomic E-state index is 13.8. The molecule has 118 heavy (non-hydrogen) atoms. The van der Waals surface area contributed by atoms with Crippen molar-refractivity contribution in [2.45, 2.75) is 47.5 Å². The van der Waals surface area contributed by atoms with Crippen molar-refractivity contribution in [3.05, 3.63) is 342 Å². The smallest absolute Gasteiger partial charge is 0.423 e. The highest BCUT2D eigenvalue weighted by atomic mass is 127. The molecule has 13 aromatic rings. The standard InChI is InChI=1S/C13H12F2N2.C13H11F2N.C12H8F2IN.C12H9F2N.C7H9BrN2.C7H10N2.2C6H5BF2O2.C6H6BrN.C4H8O/c1-17(2)10-5-6-16-13(8-10)11-4-3-9(14)7-12(11)15;1-8-5-6-16-12(7-8)10-3-4-11(14)9(2)13(10)15;1-7-4-5-16-10(6-7)8-2-3-9(13)12(15)11(8)14;1-8-4-5-15-12(6-8)10-3-2-9(13)7-11(10)14;1-10(2)6-3-4-9-7(8)5-6;1-9(2)7-3-5-8-6-4-7;2*8-4-1-2-5(7(10)11)6(9)3-4;1-5-2-3-8-6(7)4-5;1-2-4-5-3-1/h3-8H,1-2H3;3-7H,1-2H3;2-6H,1H3;2-7H,1H3;3-5H,1-2H3;3-6H,1-2H3;2*1-3,10-11H;2-4H,1H3;1-4H2. The Balaban J connectivity index is 0.000000237. The maximum Gasteiger partial charge on any atom is 0.491 e. The number of anilines is 3. The van der Waals surface area contributed by atoms with E-state index in [1.54, 1.807) is 96.4 Å². The van der Waals surface area contributed by atoms with Crippen molar-refractivity contribution in [2.24, 2.45) is 0 Å². The molecule has 618 valence electrons. The lowest BCUT2D eigenvalue weighted by Crippen LogP contribution is -2.32. The SMILES string of the molecule is C1CCOC1.CN(C)c1ccnc(-c2ccc(F)cc2F)c1.CN(C)c1ccnc(Br)c1.CN(C)c1ccncc1.Cc1ccnc(-c2ccc(F)c(C)c2F)c1.Cc1ccnc(-c2ccc(F)c(I)c2F)c1.Cc1ccnc(-c2ccc(F)cc2F)c1.Cc1ccnc(Br)c1.OB(O)c1ccc(F)cc1F.OB(O)c1ccc(F)cc1F. The van der Waals surface area contributed by atoms with Crippen LogP contribution in [-0.4, -0.2) is 125 Å². The number of aromatic nitrogens is 7. The average molecular weight is 1870 g/mol. The van der Waals surface area contributed by atoms with Gasteiger partial charge >= 0.3 is 14.2 Å². The van der Waals surface area contributed by atoms with E-state index < -0.39 is 84.0 Å². The molecule has 0 radical (unpaired) electrons. The molecule has 8 heterocycles. The Hall–Kier alpha value is -10.5. The summed E-state index contributed by atoms with van der Waals surface area (Å²) in [6.07, 6.45) is 16.1. The van der Waals surface area contributed by atoms with Crippen molar-refractivity contribution in [3.8, 4) is 45.0 Å². The second-order valence-corrected chi connectivity index (χ2v) is 28.5. The molecule has 1 aliphatic heterocycles. The summed E-state index contributed by atoms with van der Waals surface area (Å²) in [5, 5.41) is 34.0. The first-order chi connectivity index (χ1) is 55.9. The van der Waals surface area contributed by atoms with E-state index in [2.05, 4.69) is 66.7 Å². The van der Waals surface area contributed by atoms with Gasteiger partial charge in [-0.15, -0.1) is 0 Å². The summed E-state index contributed by atoms with van der Waals surface area (Å²) in [4.78, 5) is 34.1. The Morgan fingerprint density at radius 1 is 0.331 bits per heavy atom. The van der Waals surface area contributed by atoms with Crippen molar-refractivity contribution in [1.82, 2.24) is 34.9 Å². The first-order valence-electron chi connectivity index (χ1n) is 35.5. The van der Waals surface area contributed by atoms with Gasteiger partial charge in [0.25, 0.3) is 0 Å². The minimum Gasteiger partial charge on any atom is -0.423 e. The molecule has 15 nitrogen and oxygen atoms in total. The van der Waals surface area contributed by atoms with Gasteiger partial charge in [-0.05, 0) is 270 Å². The Bertz CT molecular complexity index is 5140. The summed E-state index contributed by atoms with van der Waals surface area (Å²) in [5.74, 6) is -7.94. The quantitative estimate of drug-likeness (QED) is 0.0351. The number of ether oxygens (including phenoxy) is 1. The van der Waals surface area contributed by atoms with E-state index in [0.717, 1.165) is 86.9 Å². The molecule has 0 aliphatic carbocycles. The number of rotatable bonds is 9. The minimum absolute atomic E-state index is 0.00148. The highest BCUT2D eigenvalue weighted by Gasteiger charge is 2.19. The summed E-state index contributed by atoms with van der Waals surface area (Å²) >= 11 is 8.20. The van der Waals surface area contributed by atoms with Crippen LogP contribution in [0.2, 0.25) is 0 Å². The van der Waals surface area contributed by atoms with Crippen molar-refractivity contribution in [2.75, 3.05) is 70.2 Å². The molecule has 0 bridgehead atoms. The van der Waals surface area contributed by atoms with Gasteiger partial charge in [-0.3, -0.25) is 24.9 Å². The number of aryl methyl sites for hydroxylation is 4. The molecule has 0 unspecified atom stereocenters. The lowest BCUT2D eigenvalue weighted by Gasteiger charge is -2.13. The number of nitrogens with zero attached hydrogens (tertiary/aromatic N) is 10. The Morgan fingerprint density at radius 2 is 0.653 bits per heavy atom. The van der Waals surface area contributed by atoms with Crippen LogP contribution in [-0.2, 0) is 4.74 Å². The second-order valence-electron chi connectivity index (χ2n) is 25.8. The highest BCUT2D eigenvalue weighted by molar-refractivity contribution is 14.1. The third-order valence-electron chi connectivity index (χ3n) is 15.9. The molecule has 1 aliphatic rings. The van der Waals surface area contributed by atoms with Crippen molar-refractivity contribution in [3.63, 3.8) is 0 Å². The molecule has 32 heteroatoms. The van der Waals surface area contributed by atoms with Crippen LogP contribution in [0.1, 0.15) is 40.7 Å². The molecule has 0 amide bonds. The number of hydrogen-bond donors (Lipinski definition) is 4. The average Bonchev–Trinajstić information content (AvgIpc) is 0.824. The fourth-order valence-electron chi connectivity index (χ4n) is 9.62. The molecule has 0 atom stereocenters. The van der Waals surface area contributed by atoms with E-state index in [9.17, 15) is 52.7 Å². The summed E-state index contributed by atoms with van der Waals surface area (Å²) in [6.45, 7) is 11.2. The van der Waals surface area contributed by atoms with Crippen LogP contribution in [0.25, 0.3) is 45.0 Å². The largest absolute Gasteiger partial charge is 0.491 e. The van der Waals surface area contributed by atoms with Crippen LogP contribution < -0.4 is 25.6 Å².